The van der Waals surface area contributed by atoms with E-state index in [9.17, 15) is 24.4 Å². The molecule has 0 radical (unpaired) electrons. The van der Waals surface area contributed by atoms with E-state index < -0.39 is 51.3 Å². The maximum Gasteiger partial charge on any atom is 0.469 e. The van der Waals surface area contributed by atoms with Gasteiger partial charge in [-0.3, -0.25) is 14.1 Å². The SMILES string of the molecule is CC/C=C\C/C=C\C/C=C\C/C=C\C/C=C\CCCCCC(=O)O[C@H](COC(=O)CCC[C@@H](O)/C=C/C=C\C/C=C\C=C\[C@@H](O)CCCCC)COP(=O)(O)O. The molecule has 0 unspecified atom stereocenters. The Morgan fingerprint density at radius 3 is 1.64 bits per heavy atom. The predicted molar refractivity (Wildman–Crippen MR) is 228 cm³/mol. The predicted octanol–water partition coefficient (Wildman–Crippen LogP) is 10.3. The van der Waals surface area contributed by atoms with Crippen molar-refractivity contribution in [3.8, 4) is 0 Å². The maximum absolute atomic E-state index is 12.4. The summed E-state index contributed by atoms with van der Waals surface area (Å²) in [6.45, 7) is 3.23. The maximum atomic E-state index is 12.4. The smallest absolute Gasteiger partial charge is 0.462 e. The van der Waals surface area contributed by atoms with Crippen LogP contribution in [0.15, 0.2) is 109 Å². The second kappa shape index (κ2) is 38.5. The van der Waals surface area contributed by atoms with E-state index in [0.717, 1.165) is 77.0 Å². The number of rotatable bonds is 35. The molecule has 0 aliphatic rings. The molecule has 0 saturated carbocycles. The minimum absolute atomic E-state index is 0.00422. The van der Waals surface area contributed by atoms with Crippen molar-refractivity contribution >= 4 is 19.8 Å². The molecule has 0 aliphatic carbocycles. The van der Waals surface area contributed by atoms with Gasteiger partial charge >= 0.3 is 19.8 Å². The molecule has 0 aromatic heterocycles. The summed E-state index contributed by atoms with van der Waals surface area (Å²) < 4.78 is 26.2. The number of aliphatic hydroxyl groups is 2. The summed E-state index contributed by atoms with van der Waals surface area (Å²) in [5.41, 5.74) is 0. The fraction of sp³-hybridized carbons (Fsp3) is 0.556. The van der Waals surface area contributed by atoms with Crippen LogP contribution in [0.1, 0.15) is 129 Å². The van der Waals surface area contributed by atoms with Gasteiger partial charge < -0.3 is 29.5 Å². The van der Waals surface area contributed by atoms with Crippen molar-refractivity contribution in [2.75, 3.05) is 13.2 Å². The van der Waals surface area contributed by atoms with Crippen molar-refractivity contribution < 1.29 is 48.2 Å². The molecule has 4 N–H and O–H groups in total. The van der Waals surface area contributed by atoms with E-state index in [-0.39, 0.29) is 12.8 Å². The lowest BCUT2D eigenvalue weighted by molar-refractivity contribution is -0.161. The number of allylic oxidation sites excluding steroid dienone is 16. The Morgan fingerprint density at radius 1 is 0.571 bits per heavy atom. The Hall–Kier alpha value is -3.37. The summed E-state index contributed by atoms with van der Waals surface area (Å²) in [4.78, 5) is 42.8. The Balaban J connectivity index is 4.27. The third-order valence-electron chi connectivity index (χ3n) is 7.98. The van der Waals surface area contributed by atoms with E-state index in [4.69, 9.17) is 19.3 Å². The highest BCUT2D eigenvalue weighted by atomic mass is 31.2. The monoisotopic (exact) mass is 802 g/mol. The number of carbonyl (C=O) groups excluding carboxylic acids is 2. The summed E-state index contributed by atoms with van der Waals surface area (Å²) in [5.74, 6) is -1.16. The molecule has 3 atom stereocenters. The van der Waals surface area contributed by atoms with Gasteiger partial charge in [-0.25, -0.2) is 4.57 Å². The van der Waals surface area contributed by atoms with E-state index in [2.05, 4.69) is 79.1 Å². The summed E-state index contributed by atoms with van der Waals surface area (Å²) in [6, 6.07) is 0. The van der Waals surface area contributed by atoms with Crippen LogP contribution in [0.4, 0.5) is 0 Å². The lowest BCUT2D eigenvalue weighted by Gasteiger charge is -2.18. The first-order valence-electron chi connectivity index (χ1n) is 20.4. The number of hydrogen-bond donors (Lipinski definition) is 4. The molecule has 0 spiro atoms. The quantitative estimate of drug-likeness (QED) is 0.0160. The van der Waals surface area contributed by atoms with Gasteiger partial charge in [0.05, 0.1) is 18.8 Å². The summed E-state index contributed by atoms with van der Waals surface area (Å²) in [5, 5.41) is 20.0. The summed E-state index contributed by atoms with van der Waals surface area (Å²) in [7, 11) is -4.83. The molecule has 0 aromatic carbocycles. The van der Waals surface area contributed by atoms with Crippen molar-refractivity contribution in [3.63, 3.8) is 0 Å². The van der Waals surface area contributed by atoms with Crippen LogP contribution >= 0.6 is 7.82 Å². The first-order valence-corrected chi connectivity index (χ1v) is 21.9. The van der Waals surface area contributed by atoms with Crippen LogP contribution in [-0.2, 0) is 28.2 Å². The highest BCUT2D eigenvalue weighted by molar-refractivity contribution is 7.46. The summed E-state index contributed by atoms with van der Waals surface area (Å²) in [6.07, 6.45) is 47.3. The first kappa shape index (κ1) is 52.6. The molecule has 56 heavy (non-hydrogen) atoms. The molecule has 11 heteroatoms. The third kappa shape index (κ3) is 40.3. The van der Waals surface area contributed by atoms with E-state index in [1.54, 1.807) is 18.2 Å². The van der Waals surface area contributed by atoms with Crippen molar-refractivity contribution in [2.45, 2.75) is 148 Å². The van der Waals surface area contributed by atoms with Crippen LogP contribution in [-0.4, -0.2) is 63.5 Å². The molecule has 0 aliphatic heterocycles. The van der Waals surface area contributed by atoms with Crippen LogP contribution in [0.3, 0.4) is 0 Å². The zero-order valence-electron chi connectivity index (χ0n) is 34.0. The highest BCUT2D eigenvalue weighted by Gasteiger charge is 2.23. The molecule has 0 rings (SSSR count). The Kier molecular flexibility index (Phi) is 36.2. The minimum Gasteiger partial charge on any atom is -0.462 e. The second-order valence-corrected chi connectivity index (χ2v) is 14.5. The molecule has 0 amide bonds. The average Bonchev–Trinajstić information content (AvgIpc) is 3.15. The van der Waals surface area contributed by atoms with Crippen molar-refractivity contribution in [1.29, 1.82) is 0 Å². The first-order chi connectivity index (χ1) is 27.1. The van der Waals surface area contributed by atoms with E-state index in [1.165, 1.54) is 0 Å². The van der Waals surface area contributed by atoms with Gasteiger partial charge in [-0.05, 0) is 77.0 Å². The van der Waals surface area contributed by atoms with Gasteiger partial charge in [0.15, 0.2) is 6.10 Å². The van der Waals surface area contributed by atoms with Crippen LogP contribution < -0.4 is 0 Å². The van der Waals surface area contributed by atoms with Gasteiger partial charge in [0.25, 0.3) is 0 Å². The van der Waals surface area contributed by atoms with Gasteiger partial charge in [0, 0.05) is 12.8 Å². The number of hydrogen-bond acceptors (Lipinski definition) is 8. The average molecular weight is 803 g/mol. The molecule has 0 bridgehead atoms. The molecule has 316 valence electrons. The molecular formula is C45H71O10P. The standard InChI is InChI=1S/C45H71O10P/c1-3-5-7-8-9-10-11-12-13-14-15-16-17-18-19-20-24-27-31-37-45(49)55-43(40-54-56(50,51)52)39-53-44(48)38-32-36-42(47)35-30-26-23-21-22-25-29-34-41(46)33-28-6-4-2/h5,7,9-10,12-13,15-16,18-19,22-23,25-26,29-30,34-35,41-43,46-47H,3-4,6,8,11,14,17,20-21,24,27-28,31-33,36-40H2,1-2H3,(H2,50,51,52)/b7-5-,10-9-,13-12-,16-15-,19-18-,25-22-,26-23-,34-29+,35-30+/t41-,42-,43+/m0/s1. The fourth-order valence-corrected chi connectivity index (χ4v) is 5.27. The number of phosphoric ester groups is 1. The van der Waals surface area contributed by atoms with Crippen molar-refractivity contribution in [1.82, 2.24) is 0 Å². The lowest BCUT2D eigenvalue weighted by Crippen LogP contribution is -2.29. The van der Waals surface area contributed by atoms with Gasteiger partial charge in [-0.2, -0.15) is 0 Å². The lowest BCUT2D eigenvalue weighted by atomic mass is 10.1. The second-order valence-electron chi connectivity index (χ2n) is 13.3. The van der Waals surface area contributed by atoms with E-state index in [1.807, 2.05) is 30.4 Å². The molecule has 0 fully saturated rings. The molecule has 10 nitrogen and oxygen atoms in total. The van der Waals surface area contributed by atoms with Gasteiger partial charge in [0.1, 0.15) is 6.61 Å². The van der Waals surface area contributed by atoms with Crippen LogP contribution in [0, 0.1) is 0 Å². The zero-order valence-corrected chi connectivity index (χ0v) is 34.8. The number of esters is 2. The molecular weight excluding hydrogens is 731 g/mol. The molecule has 0 aromatic rings. The van der Waals surface area contributed by atoms with Gasteiger partial charge in [-0.1, -0.05) is 149 Å². The summed E-state index contributed by atoms with van der Waals surface area (Å²) >= 11 is 0. The number of aliphatic hydroxyl groups excluding tert-OH is 2. The number of unbranched alkanes of at least 4 members (excludes halogenated alkanes) is 5. The van der Waals surface area contributed by atoms with Gasteiger partial charge in [0.2, 0.25) is 0 Å². The van der Waals surface area contributed by atoms with E-state index >= 15 is 0 Å². The van der Waals surface area contributed by atoms with Gasteiger partial charge in [-0.15, -0.1) is 0 Å². The zero-order chi connectivity index (χ0) is 41.4. The van der Waals surface area contributed by atoms with Crippen molar-refractivity contribution in [3.05, 3.63) is 109 Å². The van der Waals surface area contributed by atoms with Crippen LogP contribution in [0.5, 0.6) is 0 Å². The third-order valence-corrected chi connectivity index (χ3v) is 8.47. The Morgan fingerprint density at radius 2 is 1.09 bits per heavy atom. The minimum atomic E-state index is -4.83. The normalized spacial score (nSPS) is 14.8. The fourth-order valence-electron chi connectivity index (χ4n) is 4.91. The Labute approximate surface area is 337 Å². The number of phosphoric acid groups is 1. The number of carbonyl (C=O) groups is 2. The topological polar surface area (TPSA) is 160 Å². The molecule has 0 saturated heterocycles. The van der Waals surface area contributed by atoms with Crippen molar-refractivity contribution in [2.24, 2.45) is 0 Å². The van der Waals surface area contributed by atoms with E-state index in [0.29, 0.717) is 25.7 Å². The highest BCUT2D eigenvalue weighted by Crippen LogP contribution is 2.36. The van der Waals surface area contributed by atoms with Crippen LogP contribution in [0.25, 0.3) is 0 Å². The Bertz CT molecular complexity index is 1300. The molecule has 0 heterocycles. The number of ether oxygens (including phenoxy) is 2. The largest absolute Gasteiger partial charge is 0.469 e. The van der Waals surface area contributed by atoms with Crippen LogP contribution in [0.2, 0.25) is 0 Å².